The number of carbonyl (C=O) groups excluding carboxylic acids is 2. The first-order valence-corrected chi connectivity index (χ1v) is 8.31. The van der Waals surface area contributed by atoms with Gasteiger partial charge >= 0.3 is 11.9 Å². The first kappa shape index (κ1) is 19.7. The molecular weight excluding hydrogens is 320 g/mol. The summed E-state index contributed by atoms with van der Waals surface area (Å²) >= 11 is 1.41. The minimum absolute atomic E-state index is 0.00380. The van der Waals surface area contributed by atoms with E-state index in [1.165, 1.54) is 11.8 Å². The Morgan fingerprint density at radius 1 is 1.43 bits per heavy atom. The van der Waals surface area contributed by atoms with E-state index in [9.17, 15) is 14.4 Å². The quantitative estimate of drug-likeness (QED) is 0.328. The number of carboxylic acids is 1. The van der Waals surface area contributed by atoms with Crippen molar-refractivity contribution >= 4 is 29.5 Å². The largest absolute Gasteiger partial charge is 0.481 e. The van der Waals surface area contributed by atoms with E-state index in [4.69, 9.17) is 16.6 Å². The number of thioether (sulfide) groups is 1. The van der Waals surface area contributed by atoms with Gasteiger partial charge in [0, 0.05) is 10.5 Å². The van der Waals surface area contributed by atoms with Crippen LogP contribution in [0.15, 0.2) is 12.2 Å². The molecule has 0 radical (unpaired) electrons. The fraction of sp³-hybridized carbons (Fsp3) is 0.667. The van der Waals surface area contributed by atoms with Crippen molar-refractivity contribution in [2.24, 2.45) is 11.5 Å². The van der Waals surface area contributed by atoms with Crippen molar-refractivity contribution < 1.29 is 24.2 Å². The fourth-order valence-electron chi connectivity index (χ4n) is 2.38. The number of rotatable bonds is 8. The minimum Gasteiger partial charge on any atom is -0.481 e. The number of esters is 1. The first-order valence-electron chi connectivity index (χ1n) is 7.32. The molecule has 0 saturated carbocycles. The molecule has 0 fully saturated rings. The molecule has 8 heteroatoms. The van der Waals surface area contributed by atoms with Crippen LogP contribution in [-0.4, -0.2) is 52.0 Å². The topological polar surface area (TPSA) is 133 Å². The second kappa shape index (κ2) is 7.94. The lowest BCUT2D eigenvalue weighted by Gasteiger charge is -2.34. The Labute approximate surface area is 139 Å². The van der Waals surface area contributed by atoms with Gasteiger partial charge in [-0.2, -0.15) is 11.8 Å². The van der Waals surface area contributed by atoms with E-state index in [2.05, 4.69) is 16.9 Å². The van der Waals surface area contributed by atoms with Gasteiger partial charge in [-0.25, -0.2) is 4.79 Å². The molecule has 0 heterocycles. The van der Waals surface area contributed by atoms with Gasteiger partial charge in [0.05, 0.1) is 19.6 Å². The highest BCUT2D eigenvalue weighted by atomic mass is 32.2. The number of ether oxygens (including phenoxy) is 1. The number of aliphatic carboxylic acids is 1. The zero-order chi connectivity index (χ0) is 17.7. The highest BCUT2D eigenvalue weighted by molar-refractivity contribution is 8.00. The van der Waals surface area contributed by atoms with Crippen LogP contribution in [0.1, 0.15) is 32.6 Å². The summed E-state index contributed by atoms with van der Waals surface area (Å²) in [7, 11) is 1.13. The van der Waals surface area contributed by atoms with Crippen LogP contribution in [-0.2, 0) is 19.1 Å². The van der Waals surface area contributed by atoms with Gasteiger partial charge < -0.3 is 21.3 Å². The van der Waals surface area contributed by atoms with Gasteiger partial charge in [-0.3, -0.25) is 9.59 Å². The second-order valence-electron chi connectivity index (χ2n) is 5.98. The molecule has 1 unspecified atom stereocenters. The zero-order valence-corrected chi connectivity index (χ0v) is 14.2. The van der Waals surface area contributed by atoms with Gasteiger partial charge in [0.1, 0.15) is 0 Å². The number of hydrogen-bond donors (Lipinski definition) is 3. The molecule has 1 aliphatic carbocycles. The number of carboxylic acid groups (broad SMARTS) is 1. The van der Waals surface area contributed by atoms with Crippen molar-refractivity contribution in [2.45, 2.75) is 48.9 Å². The van der Waals surface area contributed by atoms with Gasteiger partial charge in [-0.15, -0.1) is 0 Å². The minimum atomic E-state index is -1.95. The lowest BCUT2D eigenvalue weighted by molar-refractivity contribution is -0.151. The van der Waals surface area contributed by atoms with Crippen LogP contribution in [0.25, 0.3) is 0 Å². The molecule has 0 aromatic rings. The maximum Gasteiger partial charge on any atom is 0.334 e. The molecular formula is C15H24N2O5S. The Morgan fingerprint density at radius 3 is 2.57 bits per heavy atom. The van der Waals surface area contributed by atoms with Crippen molar-refractivity contribution in [3.8, 4) is 0 Å². The van der Waals surface area contributed by atoms with Crippen LogP contribution in [0.5, 0.6) is 0 Å². The molecule has 1 aliphatic rings. The number of Topliss-reactive ketones (excluding diaryl/α,β-unsaturated/α-hetero) is 1. The van der Waals surface area contributed by atoms with Crippen LogP contribution in [0.4, 0.5) is 0 Å². The molecule has 0 saturated heterocycles. The summed E-state index contributed by atoms with van der Waals surface area (Å²) in [5.74, 6) is -2.94. The molecule has 0 bridgehead atoms. The van der Waals surface area contributed by atoms with Gasteiger partial charge in [-0.1, -0.05) is 19.1 Å². The van der Waals surface area contributed by atoms with E-state index in [1.54, 1.807) is 0 Å². The molecule has 130 valence electrons. The van der Waals surface area contributed by atoms with E-state index < -0.39 is 35.7 Å². The number of nitrogens with two attached hydrogens (primary N) is 2. The second-order valence-corrected chi connectivity index (χ2v) is 7.55. The lowest BCUT2D eigenvalue weighted by Crippen LogP contribution is -2.63. The normalized spacial score (nSPS) is 24.5. The standard InChI is InChI=1S/C15H24N2O5S/c1-14(6-4-3-5-7-14)23-9-15(17,13(21)22-2)12(20)10(16)8-11(18)19/h3-4,10H,5-9,16-17H2,1-2H3,(H,18,19)/t10-,14?,15+/m0/s1. The number of methoxy groups -OCH3 is 1. The molecule has 3 atom stereocenters. The number of ketones is 1. The zero-order valence-electron chi connectivity index (χ0n) is 13.4. The summed E-state index contributed by atoms with van der Waals surface area (Å²) in [6.45, 7) is 2.04. The van der Waals surface area contributed by atoms with Gasteiger partial charge in [0.25, 0.3) is 0 Å². The van der Waals surface area contributed by atoms with Crippen molar-refractivity contribution in [2.75, 3.05) is 12.9 Å². The Hall–Kier alpha value is -1.38. The maximum atomic E-state index is 12.4. The van der Waals surface area contributed by atoms with E-state index in [-0.39, 0.29) is 10.5 Å². The van der Waals surface area contributed by atoms with Gasteiger partial charge in [0.15, 0.2) is 11.3 Å². The molecule has 1 rings (SSSR count). The highest BCUT2D eigenvalue weighted by Crippen LogP contribution is 2.38. The van der Waals surface area contributed by atoms with E-state index in [0.29, 0.717) is 0 Å². The van der Waals surface area contributed by atoms with Crippen LogP contribution in [0.3, 0.4) is 0 Å². The van der Waals surface area contributed by atoms with Crippen LogP contribution >= 0.6 is 11.8 Å². The van der Waals surface area contributed by atoms with Crippen LogP contribution in [0, 0.1) is 0 Å². The van der Waals surface area contributed by atoms with E-state index in [1.807, 2.05) is 6.92 Å². The molecule has 0 amide bonds. The summed E-state index contributed by atoms with van der Waals surface area (Å²) < 4.78 is 4.52. The molecule has 7 nitrogen and oxygen atoms in total. The summed E-state index contributed by atoms with van der Waals surface area (Å²) in [5, 5.41) is 8.77. The lowest BCUT2D eigenvalue weighted by atomic mass is 9.91. The summed E-state index contributed by atoms with van der Waals surface area (Å²) in [4.78, 5) is 35.2. The van der Waals surface area contributed by atoms with Gasteiger partial charge in [-0.05, 0) is 19.3 Å². The third-order valence-corrected chi connectivity index (χ3v) is 5.59. The third-order valence-electron chi connectivity index (χ3n) is 3.93. The average molecular weight is 344 g/mol. The molecule has 0 spiro atoms. The SMILES string of the molecule is COC(=O)[C@@](N)(CSC1(C)CC=CCC1)C(=O)[C@@H](N)CC(=O)O. The smallest absolute Gasteiger partial charge is 0.334 e. The Balaban J connectivity index is 2.89. The molecule has 0 aromatic carbocycles. The monoisotopic (exact) mass is 344 g/mol. The Morgan fingerprint density at radius 2 is 2.09 bits per heavy atom. The summed E-state index contributed by atoms with van der Waals surface area (Å²) in [6, 6.07) is -1.35. The average Bonchev–Trinajstić information content (AvgIpc) is 2.51. The number of allylic oxidation sites excluding steroid dienone is 2. The highest BCUT2D eigenvalue weighted by Gasteiger charge is 2.47. The van der Waals surface area contributed by atoms with Crippen molar-refractivity contribution in [1.82, 2.24) is 0 Å². The predicted octanol–water partition coefficient (Wildman–Crippen LogP) is 0.460. The van der Waals surface area contributed by atoms with Crippen molar-refractivity contribution in [1.29, 1.82) is 0 Å². The molecule has 23 heavy (non-hydrogen) atoms. The van der Waals surface area contributed by atoms with Crippen molar-refractivity contribution in [3.63, 3.8) is 0 Å². The molecule has 0 aromatic heterocycles. The van der Waals surface area contributed by atoms with Crippen molar-refractivity contribution in [3.05, 3.63) is 12.2 Å². The molecule has 0 aliphatic heterocycles. The summed E-state index contributed by atoms with van der Waals surface area (Å²) in [6.07, 6.45) is 6.20. The third kappa shape index (κ3) is 5.05. The first-order chi connectivity index (χ1) is 10.6. The maximum absolute atomic E-state index is 12.4. The van der Waals surface area contributed by atoms with E-state index in [0.717, 1.165) is 26.4 Å². The predicted molar refractivity (Wildman–Crippen MR) is 88.0 cm³/mol. The van der Waals surface area contributed by atoms with Crippen LogP contribution in [0.2, 0.25) is 0 Å². The van der Waals surface area contributed by atoms with Gasteiger partial charge in [0.2, 0.25) is 0 Å². The van der Waals surface area contributed by atoms with Crippen LogP contribution < -0.4 is 11.5 Å². The number of carbonyl (C=O) groups is 3. The number of hydrogen-bond acceptors (Lipinski definition) is 7. The Kier molecular flexibility index (Phi) is 6.79. The fourth-order valence-corrected chi connectivity index (χ4v) is 3.70. The van der Waals surface area contributed by atoms with E-state index >= 15 is 0 Å². The molecule has 5 N–H and O–H groups in total. The summed E-state index contributed by atoms with van der Waals surface area (Å²) in [5.41, 5.74) is 9.67. The Bertz CT molecular complexity index is 510.